The Morgan fingerprint density at radius 2 is 1.50 bits per heavy atom. The second-order valence-corrected chi connectivity index (χ2v) is 5.22. The number of benzene rings is 2. The van der Waals surface area contributed by atoms with Gasteiger partial charge in [0.1, 0.15) is 0 Å². The Labute approximate surface area is 130 Å². The van der Waals surface area contributed by atoms with Crippen molar-refractivity contribution in [3.63, 3.8) is 0 Å². The summed E-state index contributed by atoms with van der Waals surface area (Å²) in [5.41, 5.74) is 14.4. The zero-order valence-corrected chi connectivity index (χ0v) is 12.7. The molecule has 0 radical (unpaired) electrons. The van der Waals surface area contributed by atoms with E-state index in [2.05, 4.69) is 17.6 Å². The van der Waals surface area contributed by atoms with Gasteiger partial charge in [-0.3, -0.25) is 4.79 Å². The van der Waals surface area contributed by atoms with Crippen molar-refractivity contribution < 1.29 is 4.79 Å². The summed E-state index contributed by atoms with van der Waals surface area (Å²) in [5.74, 6) is -0.0954. The minimum absolute atomic E-state index is 0.0954. The van der Waals surface area contributed by atoms with E-state index in [0.717, 1.165) is 5.69 Å². The highest BCUT2D eigenvalue weighted by atomic mass is 16.1. The van der Waals surface area contributed by atoms with Crippen LogP contribution >= 0.6 is 0 Å². The molecule has 5 heteroatoms. The molecule has 116 valence electrons. The number of carbonyl (C=O) groups excluding carboxylic acids is 1. The molecule has 0 aliphatic carbocycles. The Hall–Kier alpha value is -2.53. The van der Waals surface area contributed by atoms with E-state index in [1.807, 2.05) is 24.3 Å². The van der Waals surface area contributed by atoms with Gasteiger partial charge in [0.05, 0.1) is 0 Å². The topological polar surface area (TPSA) is 93.2 Å². The minimum atomic E-state index is -0.0954. The van der Waals surface area contributed by atoms with Gasteiger partial charge in [-0.25, -0.2) is 0 Å². The Balaban J connectivity index is 1.73. The number of anilines is 2. The first-order valence-corrected chi connectivity index (χ1v) is 7.29. The quantitative estimate of drug-likeness (QED) is 0.484. The summed E-state index contributed by atoms with van der Waals surface area (Å²) >= 11 is 0. The molecular formula is C17H22N4O. The summed E-state index contributed by atoms with van der Waals surface area (Å²) in [4.78, 5) is 11.9. The molecule has 5 nitrogen and oxygen atoms in total. The predicted molar refractivity (Wildman–Crippen MR) is 90.5 cm³/mol. The number of amides is 1. The Morgan fingerprint density at radius 3 is 2.09 bits per heavy atom. The van der Waals surface area contributed by atoms with Gasteiger partial charge in [-0.15, -0.1) is 0 Å². The average Bonchev–Trinajstić information content (AvgIpc) is 2.52. The molecule has 0 aromatic heterocycles. The number of nitrogens with one attached hydrogen (secondary N) is 2. The highest BCUT2D eigenvalue weighted by Crippen LogP contribution is 2.13. The highest BCUT2D eigenvalue weighted by Gasteiger charge is 2.06. The monoisotopic (exact) mass is 298 g/mol. The van der Waals surface area contributed by atoms with Crippen LogP contribution in [0, 0.1) is 0 Å². The number of nitrogen functional groups attached to an aromatic ring is 2. The van der Waals surface area contributed by atoms with E-state index in [0.29, 0.717) is 24.3 Å². The molecule has 6 N–H and O–H groups in total. The summed E-state index contributed by atoms with van der Waals surface area (Å²) < 4.78 is 0. The van der Waals surface area contributed by atoms with Gasteiger partial charge in [0.2, 0.25) is 0 Å². The van der Waals surface area contributed by atoms with E-state index < -0.39 is 0 Å². The molecule has 1 amide bonds. The van der Waals surface area contributed by atoms with Gasteiger partial charge >= 0.3 is 0 Å². The summed E-state index contributed by atoms with van der Waals surface area (Å²) in [6.45, 7) is 3.32. The van der Waals surface area contributed by atoms with Crippen LogP contribution < -0.4 is 22.1 Å². The van der Waals surface area contributed by atoms with Gasteiger partial charge in [0.15, 0.2) is 0 Å². The molecular weight excluding hydrogens is 276 g/mol. The first kappa shape index (κ1) is 15.9. The van der Waals surface area contributed by atoms with Crippen molar-refractivity contribution in [2.24, 2.45) is 0 Å². The molecule has 0 saturated carbocycles. The summed E-state index contributed by atoms with van der Waals surface area (Å²) in [5, 5.41) is 6.23. The third-order valence-electron chi connectivity index (χ3n) is 3.47. The fourth-order valence-corrected chi connectivity index (χ4v) is 2.10. The third-order valence-corrected chi connectivity index (χ3v) is 3.47. The lowest BCUT2D eigenvalue weighted by atomic mass is 10.1. The number of hydrogen-bond acceptors (Lipinski definition) is 4. The molecule has 0 aliphatic rings. The zero-order valence-electron chi connectivity index (χ0n) is 12.7. The van der Waals surface area contributed by atoms with Gasteiger partial charge in [0.25, 0.3) is 5.91 Å². The molecule has 1 atom stereocenters. The summed E-state index contributed by atoms with van der Waals surface area (Å²) in [6.07, 6.45) is 0. The maximum absolute atomic E-state index is 11.9. The minimum Gasteiger partial charge on any atom is -0.399 e. The van der Waals surface area contributed by atoms with E-state index in [4.69, 9.17) is 11.5 Å². The number of carbonyl (C=O) groups is 1. The second kappa shape index (κ2) is 7.47. The summed E-state index contributed by atoms with van der Waals surface area (Å²) in [7, 11) is 0. The Kier molecular flexibility index (Phi) is 5.38. The lowest BCUT2D eigenvalue weighted by Gasteiger charge is -2.15. The van der Waals surface area contributed by atoms with Gasteiger partial charge in [-0.2, -0.15) is 0 Å². The van der Waals surface area contributed by atoms with Gasteiger partial charge in [0, 0.05) is 36.1 Å². The van der Waals surface area contributed by atoms with Crippen molar-refractivity contribution in [2.45, 2.75) is 13.0 Å². The predicted octanol–water partition coefficient (Wildman–Crippen LogP) is 1.93. The molecule has 0 fully saturated rings. The van der Waals surface area contributed by atoms with E-state index >= 15 is 0 Å². The van der Waals surface area contributed by atoms with Gasteiger partial charge in [-0.05, 0) is 48.9 Å². The number of hydrogen-bond donors (Lipinski definition) is 4. The van der Waals surface area contributed by atoms with Crippen molar-refractivity contribution >= 4 is 17.3 Å². The van der Waals surface area contributed by atoms with Crippen LogP contribution in [0.1, 0.15) is 28.9 Å². The van der Waals surface area contributed by atoms with Crippen LogP contribution in [0.5, 0.6) is 0 Å². The van der Waals surface area contributed by atoms with Crippen molar-refractivity contribution in [2.75, 3.05) is 24.6 Å². The molecule has 2 rings (SSSR count). The summed E-state index contributed by atoms with van der Waals surface area (Å²) in [6, 6.07) is 14.8. The fraction of sp³-hybridized carbons (Fsp3) is 0.235. The molecule has 2 aromatic rings. The van der Waals surface area contributed by atoms with E-state index in [9.17, 15) is 4.79 Å². The van der Waals surface area contributed by atoms with E-state index in [-0.39, 0.29) is 11.9 Å². The highest BCUT2D eigenvalue weighted by molar-refractivity contribution is 5.94. The Morgan fingerprint density at radius 1 is 0.955 bits per heavy atom. The smallest absolute Gasteiger partial charge is 0.251 e. The van der Waals surface area contributed by atoms with Crippen LogP contribution in [-0.4, -0.2) is 19.0 Å². The first-order chi connectivity index (χ1) is 10.6. The molecule has 0 spiro atoms. The molecule has 0 saturated heterocycles. The third kappa shape index (κ3) is 4.49. The standard InChI is InChI=1S/C17H22N4O/c1-12(13-2-6-15(18)7-3-13)20-10-11-21-17(22)14-4-8-16(19)9-5-14/h2-9,12,20H,10-11,18-19H2,1H3,(H,21,22). The van der Waals surface area contributed by atoms with Crippen LogP contribution in [0.2, 0.25) is 0 Å². The van der Waals surface area contributed by atoms with Crippen LogP contribution in [-0.2, 0) is 0 Å². The largest absolute Gasteiger partial charge is 0.399 e. The van der Waals surface area contributed by atoms with Gasteiger partial charge in [-0.1, -0.05) is 12.1 Å². The van der Waals surface area contributed by atoms with Crippen molar-refractivity contribution in [3.05, 3.63) is 59.7 Å². The lowest BCUT2D eigenvalue weighted by Crippen LogP contribution is -2.32. The zero-order chi connectivity index (χ0) is 15.9. The van der Waals surface area contributed by atoms with Crippen molar-refractivity contribution in [1.29, 1.82) is 0 Å². The normalized spacial score (nSPS) is 11.9. The fourth-order valence-electron chi connectivity index (χ4n) is 2.10. The number of rotatable bonds is 6. The molecule has 2 aromatic carbocycles. The van der Waals surface area contributed by atoms with Crippen molar-refractivity contribution in [3.8, 4) is 0 Å². The maximum Gasteiger partial charge on any atom is 0.251 e. The Bertz CT molecular complexity index is 608. The maximum atomic E-state index is 11.9. The average molecular weight is 298 g/mol. The van der Waals surface area contributed by atoms with Crippen LogP contribution in [0.15, 0.2) is 48.5 Å². The SMILES string of the molecule is CC(NCCNC(=O)c1ccc(N)cc1)c1ccc(N)cc1. The number of nitrogens with two attached hydrogens (primary N) is 2. The molecule has 0 aliphatic heterocycles. The van der Waals surface area contributed by atoms with E-state index in [1.54, 1.807) is 24.3 Å². The second-order valence-electron chi connectivity index (χ2n) is 5.22. The van der Waals surface area contributed by atoms with Crippen LogP contribution in [0.3, 0.4) is 0 Å². The molecule has 0 bridgehead atoms. The first-order valence-electron chi connectivity index (χ1n) is 7.29. The molecule has 22 heavy (non-hydrogen) atoms. The molecule has 1 unspecified atom stereocenters. The van der Waals surface area contributed by atoms with Crippen LogP contribution in [0.4, 0.5) is 11.4 Å². The lowest BCUT2D eigenvalue weighted by molar-refractivity contribution is 0.0953. The van der Waals surface area contributed by atoms with Crippen molar-refractivity contribution in [1.82, 2.24) is 10.6 Å². The van der Waals surface area contributed by atoms with Gasteiger partial charge < -0.3 is 22.1 Å². The van der Waals surface area contributed by atoms with E-state index in [1.165, 1.54) is 5.56 Å². The molecule has 0 heterocycles. The van der Waals surface area contributed by atoms with Crippen LogP contribution in [0.25, 0.3) is 0 Å².